The number of fused-ring (bicyclic) bond motifs is 1. The SMILES string of the molecule is O=C(COC(=O)C1CC(O)CN1S(=O)(=O)c1ccc2c(c1)OCCO2)c1ccccc1. The minimum Gasteiger partial charge on any atom is -0.486 e. The van der Waals surface area contributed by atoms with E-state index in [9.17, 15) is 23.1 Å². The van der Waals surface area contributed by atoms with E-state index in [1.807, 2.05) is 0 Å². The molecule has 4 rings (SSSR count). The molecule has 0 bridgehead atoms. The average Bonchev–Trinajstić information content (AvgIpc) is 3.20. The number of β-amino-alcohol motifs (C(OH)–C–C–N with tert-alkyl or cyclic N) is 1. The molecule has 0 saturated carbocycles. The van der Waals surface area contributed by atoms with Crippen molar-refractivity contribution in [3.8, 4) is 11.5 Å². The molecule has 2 aromatic carbocycles. The summed E-state index contributed by atoms with van der Waals surface area (Å²) >= 11 is 0. The Labute approximate surface area is 179 Å². The van der Waals surface area contributed by atoms with Gasteiger partial charge < -0.3 is 19.3 Å². The van der Waals surface area contributed by atoms with E-state index in [4.69, 9.17) is 14.2 Å². The van der Waals surface area contributed by atoms with Gasteiger partial charge in [0.1, 0.15) is 19.3 Å². The molecule has 2 aromatic rings. The van der Waals surface area contributed by atoms with Gasteiger partial charge in [0.05, 0.1) is 11.0 Å². The second-order valence-corrected chi connectivity index (χ2v) is 9.07. The predicted octanol–water partition coefficient (Wildman–Crippen LogP) is 1.01. The van der Waals surface area contributed by atoms with E-state index in [1.165, 1.54) is 18.2 Å². The van der Waals surface area contributed by atoms with Crippen molar-refractivity contribution < 1.29 is 37.3 Å². The molecule has 2 heterocycles. The van der Waals surface area contributed by atoms with Crippen LogP contribution in [0.5, 0.6) is 11.5 Å². The Morgan fingerprint density at radius 3 is 2.52 bits per heavy atom. The molecule has 1 N–H and O–H groups in total. The second kappa shape index (κ2) is 8.66. The molecule has 10 heteroatoms. The van der Waals surface area contributed by atoms with Gasteiger partial charge in [0.2, 0.25) is 10.0 Å². The van der Waals surface area contributed by atoms with Crippen LogP contribution in [-0.4, -0.2) is 68.1 Å². The highest BCUT2D eigenvalue weighted by Crippen LogP contribution is 2.35. The fourth-order valence-corrected chi connectivity index (χ4v) is 5.17. The fraction of sp³-hybridized carbons (Fsp3) is 0.333. The van der Waals surface area contributed by atoms with Crippen LogP contribution in [0.15, 0.2) is 53.4 Å². The van der Waals surface area contributed by atoms with Gasteiger partial charge in [-0.25, -0.2) is 8.42 Å². The van der Waals surface area contributed by atoms with Crippen molar-refractivity contribution in [2.45, 2.75) is 23.5 Å². The maximum Gasteiger partial charge on any atom is 0.325 e. The number of carbonyl (C=O) groups excluding carboxylic acids is 2. The number of aliphatic hydroxyl groups is 1. The summed E-state index contributed by atoms with van der Waals surface area (Å²) in [5.41, 5.74) is 0.377. The number of hydrogen-bond donors (Lipinski definition) is 1. The van der Waals surface area contributed by atoms with E-state index in [2.05, 4.69) is 0 Å². The zero-order chi connectivity index (χ0) is 22.0. The first-order valence-corrected chi connectivity index (χ1v) is 11.1. The Hall–Kier alpha value is -2.95. The van der Waals surface area contributed by atoms with E-state index in [-0.39, 0.29) is 17.9 Å². The van der Waals surface area contributed by atoms with Crippen molar-refractivity contribution in [2.24, 2.45) is 0 Å². The van der Waals surface area contributed by atoms with Crippen molar-refractivity contribution in [3.05, 3.63) is 54.1 Å². The van der Waals surface area contributed by atoms with Crippen LogP contribution in [0.3, 0.4) is 0 Å². The number of nitrogens with zero attached hydrogens (tertiary/aromatic N) is 1. The molecular formula is C21H21NO8S. The lowest BCUT2D eigenvalue weighted by molar-refractivity contribution is -0.146. The number of rotatable bonds is 6. The van der Waals surface area contributed by atoms with Crippen LogP contribution in [0.1, 0.15) is 16.8 Å². The minimum atomic E-state index is -4.14. The van der Waals surface area contributed by atoms with Crippen LogP contribution in [0.25, 0.3) is 0 Å². The number of aliphatic hydroxyl groups excluding tert-OH is 1. The van der Waals surface area contributed by atoms with Crippen LogP contribution in [-0.2, 0) is 19.6 Å². The summed E-state index contributed by atoms with van der Waals surface area (Å²) in [7, 11) is -4.14. The standard InChI is InChI=1S/C21H21NO8S/c23-15-10-17(21(25)30-13-18(24)14-4-2-1-3-5-14)22(12-15)31(26,27)16-6-7-19-20(11-16)29-9-8-28-19/h1-7,11,15,17,23H,8-10,12-13H2. The van der Waals surface area contributed by atoms with Crippen LogP contribution in [0, 0.1) is 0 Å². The highest BCUT2D eigenvalue weighted by atomic mass is 32.2. The first kappa shape index (κ1) is 21.3. The van der Waals surface area contributed by atoms with Gasteiger partial charge in [-0.1, -0.05) is 30.3 Å². The summed E-state index contributed by atoms with van der Waals surface area (Å²) in [6.07, 6.45) is -1.16. The highest BCUT2D eigenvalue weighted by Gasteiger charge is 2.44. The van der Waals surface area contributed by atoms with Crippen LogP contribution < -0.4 is 9.47 Å². The van der Waals surface area contributed by atoms with E-state index in [0.29, 0.717) is 30.3 Å². The number of carbonyl (C=O) groups is 2. The lowest BCUT2D eigenvalue weighted by Gasteiger charge is -2.24. The maximum atomic E-state index is 13.2. The largest absolute Gasteiger partial charge is 0.486 e. The maximum absolute atomic E-state index is 13.2. The third-order valence-corrected chi connectivity index (χ3v) is 6.94. The molecule has 1 saturated heterocycles. The summed E-state index contributed by atoms with van der Waals surface area (Å²) < 4.78 is 43.2. The number of sulfonamides is 1. The molecule has 0 aromatic heterocycles. The lowest BCUT2D eigenvalue weighted by Crippen LogP contribution is -2.42. The molecular weight excluding hydrogens is 426 g/mol. The zero-order valence-corrected chi connectivity index (χ0v) is 17.3. The average molecular weight is 447 g/mol. The zero-order valence-electron chi connectivity index (χ0n) is 16.5. The number of ether oxygens (including phenoxy) is 3. The third kappa shape index (κ3) is 4.41. The van der Waals surface area contributed by atoms with Crippen LogP contribution in [0.2, 0.25) is 0 Å². The molecule has 2 unspecified atom stereocenters. The van der Waals surface area contributed by atoms with Gasteiger partial charge in [0.15, 0.2) is 23.9 Å². The molecule has 2 aliphatic heterocycles. The van der Waals surface area contributed by atoms with Crippen molar-refractivity contribution in [2.75, 3.05) is 26.4 Å². The van der Waals surface area contributed by atoms with Crippen LogP contribution in [0.4, 0.5) is 0 Å². The first-order valence-electron chi connectivity index (χ1n) is 9.70. The molecule has 2 atom stereocenters. The smallest absolute Gasteiger partial charge is 0.325 e. The number of hydrogen-bond acceptors (Lipinski definition) is 8. The summed E-state index contributed by atoms with van der Waals surface area (Å²) in [6, 6.07) is 11.2. The first-order chi connectivity index (χ1) is 14.9. The van der Waals surface area contributed by atoms with Crippen molar-refractivity contribution in [1.29, 1.82) is 0 Å². The quantitative estimate of drug-likeness (QED) is 0.515. The molecule has 31 heavy (non-hydrogen) atoms. The normalized spacial score (nSPS) is 20.9. The Morgan fingerprint density at radius 1 is 1.06 bits per heavy atom. The van der Waals surface area contributed by atoms with E-state index in [0.717, 1.165) is 4.31 Å². The minimum absolute atomic E-state index is 0.0935. The Balaban J connectivity index is 1.50. The molecule has 0 spiro atoms. The molecule has 9 nitrogen and oxygen atoms in total. The van der Waals surface area contributed by atoms with Gasteiger partial charge in [0.25, 0.3) is 0 Å². The molecule has 164 valence electrons. The summed E-state index contributed by atoms with van der Waals surface area (Å²) in [4.78, 5) is 24.7. The van der Waals surface area contributed by atoms with E-state index >= 15 is 0 Å². The third-order valence-electron chi connectivity index (χ3n) is 5.07. The number of ketones is 1. The summed E-state index contributed by atoms with van der Waals surface area (Å²) in [5.74, 6) is -0.572. The fourth-order valence-electron chi connectivity index (χ4n) is 3.52. The topological polar surface area (TPSA) is 119 Å². The molecule has 0 aliphatic carbocycles. The molecule has 0 radical (unpaired) electrons. The van der Waals surface area contributed by atoms with E-state index < -0.39 is 40.5 Å². The van der Waals surface area contributed by atoms with Gasteiger partial charge in [-0.15, -0.1) is 0 Å². The summed E-state index contributed by atoms with van der Waals surface area (Å²) in [5, 5.41) is 10.1. The van der Waals surface area contributed by atoms with Crippen molar-refractivity contribution >= 4 is 21.8 Å². The van der Waals surface area contributed by atoms with Crippen molar-refractivity contribution in [1.82, 2.24) is 4.31 Å². The number of esters is 1. The monoisotopic (exact) mass is 447 g/mol. The summed E-state index contributed by atoms with van der Waals surface area (Å²) in [6.45, 7) is -0.118. The van der Waals surface area contributed by atoms with Crippen LogP contribution >= 0.6 is 0 Å². The predicted molar refractivity (Wildman–Crippen MR) is 107 cm³/mol. The van der Waals surface area contributed by atoms with Gasteiger partial charge in [-0.05, 0) is 12.1 Å². The van der Waals surface area contributed by atoms with Gasteiger partial charge in [-0.3, -0.25) is 9.59 Å². The highest BCUT2D eigenvalue weighted by molar-refractivity contribution is 7.89. The Bertz CT molecular complexity index is 1090. The van der Waals surface area contributed by atoms with E-state index in [1.54, 1.807) is 30.3 Å². The Morgan fingerprint density at radius 2 is 1.77 bits per heavy atom. The lowest BCUT2D eigenvalue weighted by atomic mass is 10.1. The molecule has 2 aliphatic rings. The van der Waals surface area contributed by atoms with Crippen molar-refractivity contribution in [3.63, 3.8) is 0 Å². The number of benzene rings is 2. The van der Waals surface area contributed by atoms with Gasteiger partial charge >= 0.3 is 5.97 Å². The molecule has 0 amide bonds. The Kier molecular flexibility index (Phi) is 5.94. The van der Waals surface area contributed by atoms with Gasteiger partial charge in [0, 0.05) is 24.6 Å². The number of Topliss-reactive ketones (excluding diaryl/α,β-unsaturated/α-hetero) is 1. The van der Waals surface area contributed by atoms with Gasteiger partial charge in [-0.2, -0.15) is 4.31 Å². The second-order valence-electron chi connectivity index (χ2n) is 7.18. The molecule has 1 fully saturated rings.